The highest BCUT2D eigenvalue weighted by Crippen LogP contribution is 2.38. The van der Waals surface area contributed by atoms with E-state index in [9.17, 15) is 9.18 Å². The average Bonchev–Trinajstić information content (AvgIpc) is 3.32. The van der Waals surface area contributed by atoms with Crippen LogP contribution in [0.2, 0.25) is 0 Å². The van der Waals surface area contributed by atoms with Crippen LogP contribution < -0.4 is 5.32 Å². The molecule has 1 amide bonds. The highest BCUT2D eigenvalue weighted by molar-refractivity contribution is 5.92. The lowest BCUT2D eigenvalue weighted by molar-refractivity contribution is -0.117. The molecule has 3 rings (SSSR count). The quantitative estimate of drug-likeness (QED) is 0.808. The molecule has 1 aliphatic rings. The Morgan fingerprint density at radius 1 is 1.29 bits per heavy atom. The van der Waals surface area contributed by atoms with Crippen molar-refractivity contribution in [3.63, 3.8) is 0 Å². The summed E-state index contributed by atoms with van der Waals surface area (Å²) >= 11 is 0. The molecule has 1 atom stereocenters. The van der Waals surface area contributed by atoms with E-state index in [2.05, 4.69) is 29.8 Å². The molecule has 126 valence electrons. The van der Waals surface area contributed by atoms with E-state index in [1.54, 1.807) is 18.2 Å². The van der Waals surface area contributed by atoms with Gasteiger partial charge in [0.25, 0.3) is 0 Å². The van der Waals surface area contributed by atoms with Gasteiger partial charge in [-0.2, -0.15) is 0 Å². The molecule has 1 saturated carbocycles. The van der Waals surface area contributed by atoms with Crippen molar-refractivity contribution < 1.29 is 9.18 Å². The number of aromatic nitrogens is 1. The lowest BCUT2D eigenvalue weighted by atomic mass is 10.1. The van der Waals surface area contributed by atoms with Crippen LogP contribution in [0.25, 0.3) is 6.08 Å². The monoisotopic (exact) mass is 326 g/mol. The third-order valence-corrected chi connectivity index (χ3v) is 4.58. The zero-order valence-electron chi connectivity index (χ0n) is 14.3. The summed E-state index contributed by atoms with van der Waals surface area (Å²) in [7, 11) is 0. The fourth-order valence-corrected chi connectivity index (χ4v) is 3.13. The molecule has 24 heavy (non-hydrogen) atoms. The van der Waals surface area contributed by atoms with Crippen molar-refractivity contribution in [1.82, 2.24) is 9.88 Å². The molecule has 0 saturated heterocycles. The minimum Gasteiger partial charge on any atom is -0.346 e. The van der Waals surface area contributed by atoms with E-state index in [1.165, 1.54) is 36.4 Å². The van der Waals surface area contributed by atoms with Crippen LogP contribution in [0.3, 0.4) is 0 Å². The number of hydrogen-bond donors (Lipinski definition) is 1. The summed E-state index contributed by atoms with van der Waals surface area (Å²) in [6.45, 7) is 6.10. The maximum absolute atomic E-state index is 13.0. The second-order valence-electron chi connectivity index (χ2n) is 6.54. The van der Waals surface area contributed by atoms with Gasteiger partial charge in [-0.3, -0.25) is 4.79 Å². The van der Waals surface area contributed by atoms with Gasteiger partial charge < -0.3 is 9.88 Å². The lowest BCUT2D eigenvalue weighted by Gasteiger charge is -2.12. The standard InChI is InChI=1S/C20H23FN2O/c1-13-12-17(15(3)23(13)19-9-10-19)6-11-20(24)22-14(2)16-4-7-18(21)8-5-16/h4-8,11-12,14,19H,9-10H2,1-3H3,(H,22,24)/b11-6+/t14-/m0/s1. The van der Waals surface area contributed by atoms with E-state index in [4.69, 9.17) is 0 Å². The number of nitrogens with zero attached hydrogens (tertiary/aromatic N) is 1. The minimum atomic E-state index is -0.275. The van der Waals surface area contributed by atoms with Crippen LogP contribution in [0.5, 0.6) is 0 Å². The van der Waals surface area contributed by atoms with Gasteiger partial charge in [0, 0.05) is 23.5 Å². The van der Waals surface area contributed by atoms with Crippen molar-refractivity contribution in [2.45, 2.75) is 45.7 Å². The first-order chi connectivity index (χ1) is 11.5. The molecule has 2 aromatic rings. The summed E-state index contributed by atoms with van der Waals surface area (Å²) in [5.74, 6) is -0.425. The van der Waals surface area contributed by atoms with Crippen LogP contribution in [0.4, 0.5) is 4.39 Å². The maximum atomic E-state index is 13.0. The average molecular weight is 326 g/mol. The van der Waals surface area contributed by atoms with E-state index in [0.29, 0.717) is 6.04 Å². The smallest absolute Gasteiger partial charge is 0.244 e. The molecule has 4 heteroatoms. The molecule has 3 nitrogen and oxygen atoms in total. The topological polar surface area (TPSA) is 34.0 Å². The Bertz CT molecular complexity index is 770. The van der Waals surface area contributed by atoms with E-state index in [-0.39, 0.29) is 17.8 Å². The molecule has 0 bridgehead atoms. The normalized spacial score (nSPS) is 15.7. The van der Waals surface area contributed by atoms with Crippen LogP contribution in [0.15, 0.2) is 36.4 Å². The van der Waals surface area contributed by atoms with E-state index >= 15 is 0 Å². The molecule has 0 radical (unpaired) electrons. The van der Waals surface area contributed by atoms with Crippen molar-refractivity contribution in [1.29, 1.82) is 0 Å². The Hall–Kier alpha value is -2.36. The largest absolute Gasteiger partial charge is 0.346 e. The molecule has 1 heterocycles. The van der Waals surface area contributed by atoms with Crippen LogP contribution in [0, 0.1) is 19.7 Å². The predicted octanol–water partition coefficient (Wildman–Crippen LogP) is 4.47. The molecule has 0 aliphatic heterocycles. The third-order valence-electron chi connectivity index (χ3n) is 4.58. The van der Waals surface area contributed by atoms with Gasteiger partial charge in [-0.1, -0.05) is 12.1 Å². The van der Waals surface area contributed by atoms with Crippen LogP contribution in [-0.2, 0) is 4.79 Å². The molecule has 0 unspecified atom stereocenters. The highest BCUT2D eigenvalue weighted by Gasteiger charge is 2.26. The van der Waals surface area contributed by atoms with Crippen molar-refractivity contribution in [2.75, 3.05) is 0 Å². The maximum Gasteiger partial charge on any atom is 0.244 e. The van der Waals surface area contributed by atoms with Crippen molar-refractivity contribution in [3.05, 3.63) is 64.7 Å². The van der Waals surface area contributed by atoms with Gasteiger partial charge in [0.15, 0.2) is 0 Å². The van der Waals surface area contributed by atoms with Gasteiger partial charge in [-0.05, 0) is 69.0 Å². The summed E-state index contributed by atoms with van der Waals surface area (Å²) in [6, 6.07) is 8.78. The number of nitrogens with one attached hydrogen (secondary N) is 1. The van der Waals surface area contributed by atoms with Gasteiger partial charge >= 0.3 is 0 Å². The zero-order chi connectivity index (χ0) is 17.3. The number of benzene rings is 1. The summed E-state index contributed by atoms with van der Waals surface area (Å²) in [6.07, 6.45) is 5.93. The van der Waals surface area contributed by atoms with E-state index < -0.39 is 0 Å². The second kappa shape index (κ2) is 6.63. The summed E-state index contributed by atoms with van der Waals surface area (Å²) in [5.41, 5.74) is 4.43. The SMILES string of the molecule is Cc1cc(/C=C/C(=O)N[C@@H](C)c2ccc(F)cc2)c(C)n1C1CC1. The number of aryl methyl sites for hydroxylation is 1. The summed E-state index contributed by atoms with van der Waals surface area (Å²) in [5, 5.41) is 2.91. The molecule has 1 aliphatic carbocycles. The van der Waals surface area contributed by atoms with Gasteiger partial charge in [0.2, 0.25) is 5.91 Å². The number of carbonyl (C=O) groups is 1. The number of hydrogen-bond acceptors (Lipinski definition) is 1. The first-order valence-electron chi connectivity index (χ1n) is 8.38. The van der Waals surface area contributed by atoms with Gasteiger partial charge in [0.05, 0.1) is 6.04 Å². The predicted molar refractivity (Wildman–Crippen MR) is 94.2 cm³/mol. The summed E-state index contributed by atoms with van der Waals surface area (Å²) < 4.78 is 15.3. The van der Waals surface area contributed by atoms with Crippen molar-refractivity contribution in [3.8, 4) is 0 Å². The first kappa shape index (κ1) is 16.5. The van der Waals surface area contributed by atoms with Gasteiger partial charge in [-0.25, -0.2) is 4.39 Å². The van der Waals surface area contributed by atoms with E-state index in [0.717, 1.165) is 11.1 Å². The lowest BCUT2D eigenvalue weighted by Crippen LogP contribution is -2.24. The number of amides is 1. The molecule has 1 fully saturated rings. The van der Waals surface area contributed by atoms with Crippen LogP contribution in [0.1, 0.15) is 54.4 Å². The Balaban J connectivity index is 1.65. The number of carbonyl (C=O) groups excluding carboxylic acids is 1. The Labute approximate surface area is 142 Å². The molecular weight excluding hydrogens is 303 g/mol. The van der Waals surface area contributed by atoms with Crippen LogP contribution in [-0.4, -0.2) is 10.5 Å². The van der Waals surface area contributed by atoms with Crippen LogP contribution >= 0.6 is 0 Å². The minimum absolute atomic E-state index is 0.150. The van der Waals surface area contributed by atoms with Crippen molar-refractivity contribution >= 4 is 12.0 Å². The van der Waals surface area contributed by atoms with Gasteiger partial charge in [-0.15, -0.1) is 0 Å². The molecule has 1 N–H and O–H groups in total. The summed E-state index contributed by atoms with van der Waals surface area (Å²) in [4.78, 5) is 12.1. The fraction of sp³-hybridized carbons (Fsp3) is 0.350. The molecular formula is C20H23FN2O. The third kappa shape index (κ3) is 3.58. The fourth-order valence-electron chi connectivity index (χ4n) is 3.13. The Morgan fingerprint density at radius 3 is 2.58 bits per heavy atom. The highest BCUT2D eigenvalue weighted by atomic mass is 19.1. The van der Waals surface area contributed by atoms with E-state index in [1.807, 2.05) is 13.0 Å². The second-order valence-corrected chi connectivity index (χ2v) is 6.54. The number of halogens is 1. The Morgan fingerprint density at radius 2 is 1.96 bits per heavy atom. The first-order valence-corrected chi connectivity index (χ1v) is 8.38. The zero-order valence-corrected chi connectivity index (χ0v) is 14.3. The molecule has 1 aromatic carbocycles. The number of rotatable bonds is 5. The molecule has 1 aromatic heterocycles. The van der Waals surface area contributed by atoms with Gasteiger partial charge in [0.1, 0.15) is 5.82 Å². The molecule has 0 spiro atoms. The van der Waals surface area contributed by atoms with Crippen molar-refractivity contribution in [2.24, 2.45) is 0 Å². The Kier molecular flexibility index (Phi) is 4.56.